The van der Waals surface area contributed by atoms with Gasteiger partial charge in [0.15, 0.2) is 15.1 Å². The van der Waals surface area contributed by atoms with Crippen molar-refractivity contribution in [1.82, 2.24) is 0 Å². The zero-order valence-electron chi connectivity index (χ0n) is 11.9. The first-order chi connectivity index (χ1) is 10.5. The lowest BCUT2D eigenvalue weighted by atomic mass is 10.1. The SMILES string of the molecule is CCOC(=O)C(c1ccccc1)S(=O)(=O)c1ccc(Cl)cc1. The Kier molecular flexibility index (Phi) is 5.21. The number of benzene rings is 2. The van der Waals surface area contributed by atoms with Crippen molar-refractivity contribution in [3.05, 3.63) is 65.2 Å². The van der Waals surface area contributed by atoms with Crippen LogP contribution in [0.25, 0.3) is 0 Å². The molecule has 0 aromatic heterocycles. The summed E-state index contributed by atoms with van der Waals surface area (Å²) < 4.78 is 30.6. The molecular formula is C16H15ClO4S. The molecule has 0 radical (unpaired) electrons. The van der Waals surface area contributed by atoms with E-state index in [-0.39, 0.29) is 11.5 Å². The Bertz CT molecular complexity index is 739. The van der Waals surface area contributed by atoms with Crippen LogP contribution in [-0.2, 0) is 19.4 Å². The van der Waals surface area contributed by atoms with Crippen LogP contribution in [0.5, 0.6) is 0 Å². The number of sulfone groups is 1. The number of ether oxygens (including phenoxy) is 1. The summed E-state index contributed by atoms with van der Waals surface area (Å²) in [6.45, 7) is 1.74. The average molecular weight is 339 g/mol. The van der Waals surface area contributed by atoms with Gasteiger partial charge in [-0.15, -0.1) is 0 Å². The third kappa shape index (κ3) is 3.48. The fourth-order valence-corrected chi connectivity index (χ4v) is 3.80. The van der Waals surface area contributed by atoms with E-state index in [1.807, 2.05) is 0 Å². The lowest BCUT2D eigenvalue weighted by Crippen LogP contribution is -2.24. The van der Waals surface area contributed by atoms with E-state index in [2.05, 4.69) is 0 Å². The minimum Gasteiger partial charge on any atom is -0.465 e. The Hall–Kier alpha value is -1.85. The first-order valence-electron chi connectivity index (χ1n) is 6.68. The highest BCUT2D eigenvalue weighted by Crippen LogP contribution is 2.30. The van der Waals surface area contributed by atoms with Crippen molar-refractivity contribution >= 4 is 27.4 Å². The van der Waals surface area contributed by atoms with Gasteiger partial charge in [0.25, 0.3) is 0 Å². The van der Waals surface area contributed by atoms with Crippen molar-refractivity contribution in [2.75, 3.05) is 6.61 Å². The molecule has 0 heterocycles. The maximum atomic E-state index is 12.8. The zero-order valence-corrected chi connectivity index (χ0v) is 13.5. The highest BCUT2D eigenvalue weighted by Gasteiger charge is 2.36. The summed E-state index contributed by atoms with van der Waals surface area (Å²) in [5.74, 6) is -0.788. The molecule has 2 rings (SSSR count). The number of hydrogen-bond donors (Lipinski definition) is 0. The van der Waals surface area contributed by atoms with Crippen molar-refractivity contribution in [1.29, 1.82) is 0 Å². The van der Waals surface area contributed by atoms with Crippen LogP contribution in [0.2, 0.25) is 5.02 Å². The lowest BCUT2D eigenvalue weighted by Gasteiger charge is -2.17. The van der Waals surface area contributed by atoms with E-state index in [4.69, 9.17) is 16.3 Å². The van der Waals surface area contributed by atoms with Crippen molar-refractivity contribution in [3.8, 4) is 0 Å². The first kappa shape index (κ1) is 16.5. The highest BCUT2D eigenvalue weighted by molar-refractivity contribution is 7.92. The Labute approximate surface area is 134 Å². The van der Waals surface area contributed by atoms with Crippen LogP contribution in [0.4, 0.5) is 0 Å². The van der Waals surface area contributed by atoms with E-state index < -0.39 is 21.1 Å². The second-order valence-electron chi connectivity index (χ2n) is 4.54. The molecule has 0 fully saturated rings. The highest BCUT2D eigenvalue weighted by atomic mass is 35.5. The van der Waals surface area contributed by atoms with Crippen molar-refractivity contribution in [2.45, 2.75) is 17.1 Å². The summed E-state index contributed by atoms with van der Waals surface area (Å²) >= 11 is 5.78. The fraction of sp³-hybridized carbons (Fsp3) is 0.188. The third-order valence-corrected chi connectivity index (χ3v) is 5.32. The number of hydrogen-bond acceptors (Lipinski definition) is 4. The van der Waals surface area contributed by atoms with Gasteiger partial charge in [-0.2, -0.15) is 0 Å². The van der Waals surface area contributed by atoms with Crippen LogP contribution in [0.3, 0.4) is 0 Å². The van der Waals surface area contributed by atoms with E-state index in [1.54, 1.807) is 37.3 Å². The molecule has 0 bridgehead atoms. The monoisotopic (exact) mass is 338 g/mol. The quantitative estimate of drug-likeness (QED) is 0.784. The van der Waals surface area contributed by atoms with Gasteiger partial charge in [0.2, 0.25) is 0 Å². The Morgan fingerprint density at radius 3 is 2.23 bits per heavy atom. The van der Waals surface area contributed by atoms with Crippen LogP contribution < -0.4 is 0 Å². The zero-order chi connectivity index (χ0) is 16.2. The minimum absolute atomic E-state index is 0.0267. The molecule has 2 aromatic carbocycles. The summed E-state index contributed by atoms with van der Waals surface area (Å²) in [6.07, 6.45) is 0. The van der Waals surface area contributed by atoms with Gasteiger partial charge in [-0.1, -0.05) is 41.9 Å². The lowest BCUT2D eigenvalue weighted by molar-refractivity contribution is -0.142. The van der Waals surface area contributed by atoms with E-state index in [1.165, 1.54) is 24.3 Å². The molecule has 1 atom stereocenters. The topological polar surface area (TPSA) is 60.4 Å². The van der Waals surface area contributed by atoms with E-state index in [9.17, 15) is 13.2 Å². The van der Waals surface area contributed by atoms with Gasteiger partial charge < -0.3 is 4.74 Å². The number of rotatable bonds is 5. The van der Waals surface area contributed by atoms with Gasteiger partial charge in [-0.3, -0.25) is 4.79 Å². The molecule has 1 unspecified atom stereocenters. The summed E-state index contributed by atoms with van der Waals surface area (Å²) in [6, 6.07) is 14.0. The largest absolute Gasteiger partial charge is 0.465 e. The molecular weight excluding hydrogens is 324 g/mol. The molecule has 0 aliphatic carbocycles. The van der Waals surface area contributed by atoms with Crippen LogP contribution in [0, 0.1) is 0 Å². The normalized spacial score (nSPS) is 12.6. The predicted octanol–water partition coefficient (Wildman–Crippen LogP) is 3.42. The average Bonchev–Trinajstić information content (AvgIpc) is 2.49. The maximum absolute atomic E-state index is 12.8. The van der Waals surface area contributed by atoms with Crippen LogP contribution in [0.15, 0.2) is 59.5 Å². The van der Waals surface area contributed by atoms with Gasteiger partial charge in [0, 0.05) is 5.02 Å². The third-order valence-electron chi connectivity index (χ3n) is 3.06. The second-order valence-corrected chi connectivity index (χ2v) is 7.01. The van der Waals surface area contributed by atoms with E-state index >= 15 is 0 Å². The van der Waals surface area contributed by atoms with Crippen molar-refractivity contribution in [3.63, 3.8) is 0 Å². The smallest absolute Gasteiger partial charge is 0.329 e. The van der Waals surface area contributed by atoms with Crippen LogP contribution >= 0.6 is 11.6 Å². The molecule has 4 nitrogen and oxygen atoms in total. The molecule has 0 saturated heterocycles. The van der Waals surface area contributed by atoms with E-state index in [0.29, 0.717) is 10.6 Å². The van der Waals surface area contributed by atoms with Gasteiger partial charge in [-0.25, -0.2) is 8.42 Å². The standard InChI is InChI=1S/C16H15ClO4S/c1-2-21-16(18)15(12-6-4-3-5-7-12)22(19,20)14-10-8-13(17)9-11-14/h3-11,15H,2H2,1H3. The molecule has 0 aliphatic rings. The van der Waals surface area contributed by atoms with Crippen LogP contribution in [0.1, 0.15) is 17.7 Å². The summed E-state index contributed by atoms with van der Waals surface area (Å²) in [4.78, 5) is 12.2. The Morgan fingerprint density at radius 2 is 1.68 bits per heavy atom. The molecule has 0 N–H and O–H groups in total. The Morgan fingerprint density at radius 1 is 1.09 bits per heavy atom. The van der Waals surface area contributed by atoms with Gasteiger partial charge in [0.05, 0.1) is 11.5 Å². The van der Waals surface area contributed by atoms with Gasteiger partial charge >= 0.3 is 5.97 Å². The van der Waals surface area contributed by atoms with Crippen LogP contribution in [-0.4, -0.2) is 21.0 Å². The maximum Gasteiger partial charge on any atom is 0.329 e. The molecule has 6 heteroatoms. The predicted molar refractivity (Wildman–Crippen MR) is 84.5 cm³/mol. The summed E-state index contributed by atoms with van der Waals surface area (Å²) in [7, 11) is -3.93. The molecule has 116 valence electrons. The molecule has 0 amide bonds. The minimum atomic E-state index is -3.93. The summed E-state index contributed by atoms with van der Waals surface area (Å²) in [5.41, 5.74) is 0.371. The van der Waals surface area contributed by atoms with Crippen molar-refractivity contribution < 1.29 is 17.9 Å². The molecule has 2 aromatic rings. The molecule has 0 saturated carbocycles. The number of esters is 1. The van der Waals surface area contributed by atoms with Gasteiger partial charge in [0.1, 0.15) is 0 Å². The molecule has 0 aliphatic heterocycles. The number of carbonyl (C=O) groups is 1. The van der Waals surface area contributed by atoms with Gasteiger partial charge in [-0.05, 0) is 36.8 Å². The Balaban J connectivity index is 2.53. The fourth-order valence-electron chi connectivity index (χ4n) is 2.05. The molecule has 0 spiro atoms. The van der Waals surface area contributed by atoms with Crippen molar-refractivity contribution in [2.24, 2.45) is 0 Å². The first-order valence-corrected chi connectivity index (χ1v) is 8.60. The number of carbonyl (C=O) groups excluding carboxylic acids is 1. The second kappa shape index (κ2) is 6.94. The number of halogens is 1. The molecule has 22 heavy (non-hydrogen) atoms. The summed E-state index contributed by atoms with van der Waals surface area (Å²) in [5, 5.41) is -0.971. The van der Waals surface area contributed by atoms with E-state index in [0.717, 1.165) is 0 Å².